The van der Waals surface area contributed by atoms with E-state index in [1.807, 2.05) is 6.08 Å². The Labute approximate surface area is 74.2 Å². The Kier molecular flexibility index (Phi) is 4.86. The number of allylic oxidation sites excluding steroid dienone is 1. The van der Waals surface area contributed by atoms with Crippen molar-refractivity contribution in [1.82, 2.24) is 0 Å². The van der Waals surface area contributed by atoms with Crippen molar-refractivity contribution in [1.29, 1.82) is 0 Å². The summed E-state index contributed by atoms with van der Waals surface area (Å²) in [6, 6.07) is 0. The van der Waals surface area contributed by atoms with Crippen LogP contribution in [0.5, 0.6) is 0 Å². The molecule has 2 heteroatoms. The van der Waals surface area contributed by atoms with Crippen molar-refractivity contribution in [3.63, 3.8) is 0 Å². The molecule has 70 valence electrons. The quantitative estimate of drug-likeness (QED) is 0.498. The molecule has 2 nitrogen and oxygen atoms in total. The third-order valence-corrected chi connectivity index (χ3v) is 2.00. The van der Waals surface area contributed by atoms with Gasteiger partial charge in [-0.15, -0.1) is 0 Å². The maximum absolute atomic E-state index is 8.68. The highest BCUT2D eigenvalue weighted by molar-refractivity contribution is 5.16. The smallest absolute Gasteiger partial charge is 0.177 e. The van der Waals surface area contributed by atoms with Crippen molar-refractivity contribution in [3.05, 3.63) is 24.3 Å². The minimum absolute atomic E-state index is 0.336. The van der Waals surface area contributed by atoms with Crippen LogP contribution in [0, 0.1) is 11.8 Å². The number of hydrogen-bond donors (Lipinski definition) is 2. The van der Waals surface area contributed by atoms with E-state index >= 15 is 0 Å². The first kappa shape index (κ1) is 11.4. The van der Waals surface area contributed by atoms with Gasteiger partial charge in [0.1, 0.15) is 0 Å². The number of aliphatic hydroxyl groups excluding tert-OH is 1. The van der Waals surface area contributed by atoms with Crippen LogP contribution in [0.3, 0.4) is 0 Å². The minimum atomic E-state index is -1.43. The van der Waals surface area contributed by atoms with Gasteiger partial charge in [-0.25, -0.2) is 0 Å². The van der Waals surface area contributed by atoms with E-state index in [-0.39, 0.29) is 0 Å². The predicted octanol–water partition coefficient (Wildman–Crippen LogP) is 1.70. The van der Waals surface area contributed by atoms with Crippen LogP contribution < -0.4 is 0 Å². The first-order chi connectivity index (χ1) is 5.45. The van der Waals surface area contributed by atoms with Crippen molar-refractivity contribution in [2.45, 2.75) is 27.1 Å². The molecule has 0 saturated carbocycles. The van der Waals surface area contributed by atoms with E-state index in [0.717, 1.165) is 0 Å². The van der Waals surface area contributed by atoms with Crippen LogP contribution in [0.2, 0.25) is 0 Å². The van der Waals surface area contributed by atoms with Gasteiger partial charge in [-0.2, -0.15) is 0 Å². The second-order valence-electron chi connectivity index (χ2n) is 3.41. The van der Waals surface area contributed by atoms with E-state index < -0.39 is 6.29 Å². The van der Waals surface area contributed by atoms with Gasteiger partial charge in [0, 0.05) is 0 Å². The second-order valence-corrected chi connectivity index (χ2v) is 3.41. The van der Waals surface area contributed by atoms with Crippen molar-refractivity contribution >= 4 is 0 Å². The average molecular weight is 170 g/mol. The molecular weight excluding hydrogens is 152 g/mol. The molecule has 0 aromatic rings. The van der Waals surface area contributed by atoms with Crippen LogP contribution in [-0.2, 0) is 0 Å². The molecule has 0 radical (unpaired) electrons. The topological polar surface area (TPSA) is 40.5 Å². The van der Waals surface area contributed by atoms with Gasteiger partial charge < -0.3 is 10.2 Å². The Hall–Kier alpha value is -0.600. The molecule has 0 aliphatic carbocycles. The van der Waals surface area contributed by atoms with Crippen LogP contribution in [0.25, 0.3) is 0 Å². The summed E-state index contributed by atoms with van der Waals surface area (Å²) in [6.07, 6.45) is 2.17. The van der Waals surface area contributed by atoms with Crippen molar-refractivity contribution in [2.24, 2.45) is 11.8 Å². The van der Waals surface area contributed by atoms with E-state index in [4.69, 9.17) is 10.2 Å². The zero-order chi connectivity index (χ0) is 9.72. The van der Waals surface area contributed by atoms with Gasteiger partial charge in [-0.3, -0.25) is 0 Å². The molecule has 0 aliphatic rings. The number of rotatable bonds is 4. The highest BCUT2D eigenvalue weighted by atomic mass is 16.5. The van der Waals surface area contributed by atoms with Gasteiger partial charge in [-0.1, -0.05) is 39.5 Å². The summed E-state index contributed by atoms with van der Waals surface area (Å²) in [4.78, 5) is 0. The molecule has 2 N–H and O–H groups in total. The van der Waals surface area contributed by atoms with E-state index in [0.29, 0.717) is 17.4 Å². The normalized spacial score (nSPS) is 14.6. The van der Waals surface area contributed by atoms with Crippen LogP contribution in [0.4, 0.5) is 0 Å². The zero-order valence-corrected chi connectivity index (χ0v) is 7.99. The molecule has 0 rings (SSSR count). The molecule has 1 atom stereocenters. The minimum Gasteiger partial charge on any atom is -0.364 e. The van der Waals surface area contributed by atoms with Gasteiger partial charge in [0.2, 0.25) is 0 Å². The molecule has 0 saturated heterocycles. The maximum Gasteiger partial charge on any atom is 0.177 e. The molecule has 0 aromatic heterocycles. The van der Waals surface area contributed by atoms with E-state index in [1.54, 1.807) is 6.08 Å². The van der Waals surface area contributed by atoms with Crippen molar-refractivity contribution in [3.8, 4) is 0 Å². The molecule has 0 fully saturated rings. The van der Waals surface area contributed by atoms with Gasteiger partial charge in [0.15, 0.2) is 6.29 Å². The van der Waals surface area contributed by atoms with Crippen molar-refractivity contribution in [2.75, 3.05) is 0 Å². The second kappa shape index (κ2) is 5.12. The molecule has 0 spiro atoms. The summed E-state index contributed by atoms with van der Waals surface area (Å²) in [5.41, 5.74) is 0.336. The average Bonchev–Trinajstić information content (AvgIpc) is 1.98. The lowest BCUT2D eigenvalue weighted by Gasteiger charge is -2.10. The summed E-state index contributed by atoms with van der Waals surface area (Å²) in [5.74, 6) is 0.991. The molecule has 12 heavy (non-hydrogen) atoms. The highest BCUT2D eigenvalue weighted by Crippen LogP contribution is 2.12. The highest BCUT2D eigenvalue weighted by Gasteiger charge is 2.03. The number of hydrogen-bond acceptors (Lipinski definition) is 2. The Morgan fingerprint density at radius 1 is 1.25 bits per heavy atom. The van der Waals surface area contributed by atoms with Gasteiger partial charge in [0.05, 0.1) is 0 Å². The SMILES string of the molecule is C=C(/C=C\[C@@H](C)C(C)C)C(O)O. The summed E-state index contributed by atoms with van der Waals surface area (Å²) in [6.45, 7) is 9.82. The van der Waals surface area contributed by atoms with Crippen LogP contribution in [-0.4, -0.2) is 16.5 Å². The predicted molar refractivity (Wildman–Crippen MR) is 50.5 cm³/mol. The van der Waals surface area contributed by atoms with Crippen LogP contribution >= 0.6 is 0 Å². The molecule has 0 heterocycles. The molecule has 0 unspecified atom stereocenters. The molecule has 0 aliphatic heterocycles. The molecule has 0 aromatic carbocycles. The largest absolute Gasteiger partial charge is 0.364 e. The lowest BCUT2D eigenvalue weighted by molar-refractivity contribution is -0.00453. The van der Waals surface area contributed by atoms with E-state index in [2.05, 4.69) is 27.4 Å². The Bertz CT molecular complexity index is 169. The fourth-order valence-electron chi connectivity index (χ4n) is 0.584. The zero-order valence-electron chi connectivity index (χ0n) is 7.99. The van der Waals surface area contributed by atoms with Crippen LogP contribution in [0.1, 0.15) is 20.8 Å². The third-order valence-electron chi connectivity index (χ3n) is 2.00. The summed E-state index contributed by atoms with van der Waals surface area (Å²) in [7, 11) is 0. The molecule has 0 amide bonds. The third kappa shape index (κ3) is 4.31. The van der Waals surface area contributed by atoms with Crippen molar-refractivity contribution < 1.29 is 10.2 Å². The first-order valence-electron chi connectivity index (χ1n) is 4.18. The Morgan fingerprint density at radius 2 is 1.75 bits per heavy atom. The lowest BCUT2D eigenvalue weighted by atomic mass is 9.97. The fourth-order valence-corrected chi connectivity index (χ4v) is 0.584. The summed E-state index contributed by atoms with van der Waals surface area (Å²) < 4.78 is 0. The fraction of sp³-hybridized carbons (Fsp3) is 0.600. The number of aliphatic hydroxyl groups is 2. The van der Waals surface area contributed by atoms with Gasteiger partial charge >= 0.3 is 0 Å². The summed E-state index contributed by atoms with van der Waals surface area (Å²) in [5, 5.41) is 17.4. The maximum atomic E-state index is 8.68. The monoisotopic (exact) mass is 170 g/mol. The van der Waals surface area contributed by atoms with Crippen LogP contribution in [0.15, 0.2) is 24.3 Å². The molecular formula is C10H18O2. The Balaban J connectivity index is 3.98. The lowest BCUT2D eigenvalue weighted by Crippen LogP contribution is -2.06. The van der Waals surface area contributed by atoms with Gasteiger partial charge in [0.25, 0.3) is 0 Å². The summed E-state index contributed by atoms with van der Waals surface area (Å²) >= 11 is 0. The molecule has 0 bridgehead atoms. The first-order valence-corrected chi connectivity index (χ1v) is 4.18. The van der Waals surface area contributed by atoms with Gasteiger partial charge in [-0.05, 0) is 17.4 Å². The standard InChI is InChI=1S/C10H18O2/c1-7(2)8(3)5-6-9(4)10(11)12/h5-8,10-12H,4H2,1-3H3/b6-5-/t8-/m1/s1. The van der Waals surface area contributed by atoms with E-state index in [1.165, 1.54) is 0 Å². The Morgan fingerprint density at radius 3 is 2.08 bits per heavy atom. The van der Waals surface area contributed by atoms with E-state index in [9.17, 15) is 0 Å².